The summed E-state index contributed by atoms with van der Waals surface area (Å²) >= 11 is 4.84. The Morgan fingerprint density at radius 3 is 2.53 bits per heavy atom. The van der Waals surface area contributed by atoms with Crippen molar-refractivity contribution in [1.82, 2.24) is 19.7 Å². The molecule has 152 valence electrons. The summed E-state index contributed by atoms with van der Waals surface area (Å²) in [5.74, 6) is 1.02. The third-order valence-electron chi connectivity index (χ3n) is 4.24. The van der Waals surface area contributed by atoms with E-state index in [1.54, 1.807) is 35.2 Å². The minimum absolute atomic E-state index is 0.338. The zero-order valence-corrected chi connectivity index (χ0v) is 17.7. The van der Waals surface area contributed by atoms with E-state index in [1.165, 1.54) is 17.8 Å². The van der Waals surface area contributed by atoms with E-state index in [4.69, 9.17) is 0 Å². The van der Waals surface area contributed by atoms with Gasteiger partial charge in [-0.1, -0.05) is 45.9 Å². The molecule has 2 aromatic heterocycles. The molecule has 0 aliphatic rings. The van der Waals surface area contributed by atoms with Gasteiger partial charge in [0.05, 0.1) is 11.3 Å². The van der Waals surface area contributed by atoms with E-state index in [0.717, 1.165) is 22.2 Å². The van der Waals surface area contributed by atoms with E-state index < -0.39 is 11.7 Å². The molecule has 2 aromatic carbocycles. The largest absolute Gasteiger partial charge is 0.416 e. The van der Waals surface area contributed by atoms with Crippen LogP contribution in [0.3, 0.4) is 0 Å². The Balaban J connectivity index is 1.77. The number of thioether (sulfide) groups is 1. The number of hydrogen-bond acceptors (Lipinski definition) is 4. The molecule has 30 heavy (non-hydrogen) atoms. The lowest BCUT2D eigenvalue weighted by Crippen LogP contribution is -2.07. The van der Waals surface area contributed by atoms with Gasteiger partial charge in [-0.2, -0.15) is 13.2 Å². The summed E-state index contributed by atoms with van der Waals surface area (Å²) in [6, 6.07) is 16.5. The maximum atomic E-state index is 13.3. The van der Waals surface area contributed by atoms with E-state index in [9.17, 15) is 13.2 Å². The van der Waals surface area contributed by atoms with Gasteiger partial charge in [-0.05, 0) is 48.0 Å². The minimum Gasteiger partial charge on any atom is -0.270 e. The molecule has 0 saturated heterocycles. The molecule has 0 aliphatic heterocycles. The number of halogens is 4. The average Bonchev–Trinajstić information content (AvgIpc) is 3.16. The Bertz CT molecular complexity index is 1160. The van der Waals surface area contributed by atoms with Crippen molar-refractivity contribution in [3.63, 3.8) is 0 Å². The number of pyridine rings is 1. The summed E-state index contributed by atoms with van der Waals surface area (Å²) in [4.78, 5) is 4.09. The highest BCUT2D eigenvalue weighted by atomic mass is 79.9. The van der Waals surface area contributed by atoms with Gasteiger partial charge < -0.3 is 0 Å². The number of alkyl halides is 3. The molecule has 9 heteroatoms. The lowest BCUT2D eigenvalue weighted by Gasteiger charge is -2.13. The molecule has 0 amide bonds. The predicted octanol–water partition coefficient (Wildman–Crippen LogP) is 6.40. The van der Waals surface area contributed by atoms with Gasteiger partial charge in [0.1, 0.15) is 0 Å². The van der Waals surface area contributed by atoms with Gasteiger partial charge in [-0.3, -0.25) is 9.55 Å². The maximum absolute atomic E-state index is 13.3. The van der Waals surface area contributed by atoms with E-state index in [0.29, 0.717) is 28.0 Å². The fraction of sp³-hybridized carbons (Fsp3) is 0.0952. The second kappa shape index (κ2) is 8.61. The van der Waals surface area contributed by atoms with Crippen molar-refractivity contribution in [2.24, 2.45) is 0 Å². The molecule has 0 saturated carbocycles. The zero-order valence-electron chi connectivity index (χ0n) is 15.3. The molecule has 0 fully saturated rings. The average molecular weight is 491 g/mol. The number of benzene rings is 2. The first-order valence-electron chi connectivity index (χ1n) is 8.82. The van der Waals surface area contributed by atoms with Gasteiger partial charge in [0.2, 0.25) is 0 Å². The Morgan fingerprint density at radius 2 is 1.80 bits per heavy atom. The molecule has 2 heterocycles. The Morgan fingerprint density at radius 1 is 0.967 bits per heavy atom. The van der Waals surface area contributed by atoms with Gasteiger partial charge in [0, 0.05) is 28.2 Å². The van der Waals surface area contributed by atoms with E-state index in [1.807, 2.05) is 24.3 Å². The molecular weight excluding hydrogens is 477 g/mol. The Hall–Kier alpha value is -2.65. The van der Waals surface area contributed by atoms with Crippen LogP contribution in [-0.2, 0) is 11.9 Å². The Labute approximate surface area is 183 Å². The topological polar surface area (TPSA) is 43.6 Å². The summed E-state index contributed by atoms with van der Waals surface area (Å²) in [7, 11) is 0. The zero-order chi connectivity index (χ0) is 21.1. The molecule has 4 nitrogen and oxygen atoms in total. The van der Waals surface area contributed by atoms with Crippen LogP contribution in [-0.4, -0.2) is 19.7 Å². The lowest BCUT2D eigenvalue weighted by atomic mass is 10.2. The summed E-state index contributed by atoms with van der Waals surface area (Å²) in [6.07, 6.45) is -1.21. The van der Waals surface area contributed by atoms with Gasteiger partial charge in [-0.25, -0.2) is 0 Å². The molecule has 4 aromatic rings. The van der Waals surface area contributed by atoms with Gasteiger partial charge in [0.25, 0.3) is 0 Å². The van der Waals surface area contributed by atoms with Crippen LogP contribution in [0.2, 0.25) is 0 Å². The number of rotatable bonds is 5. The van der Waals surface area contributed by atoms with Crippen LogP contribution in [0.15, 0.2) is 82.7 Å². The highest BCUT2D eigenvalue weighted by Gasteiger charge is 2.31. The molecule has 0 radical (unpaired) electrons. The number of nitrogens with zero attached hydrogens (tertiary/aromatic N) is 4. The van der Waals surface area contributed by atoms with Crippen LogP contribution >= 0.6 is 27.7 Å². The van der Waals surface area contributed by atoms with Crippen LogP contribution in [0.25, 0.3) is 17.1 Å². The predicted molar refractivity (Wildman–Crippen MR) is 113 cm³/mol. The van der Waals surface area contributed by atoms with Crippen molar-refractivity contribution in [3.8, 4) is 17.1 Å². The van der Waals surface area contributed by atoms with Crippen LogP contribution in [0, 0.1) is 0 Å². The van der Waals surface area contributed by atoms with Crippen molar-refractivity contribution in [3.05, 3.63) is 88.7 Å². The first-order valence-corrected chi connectivity index (χ1v) is 10.6. The van der Waals surface area contributed by atoms with Gasteiger partial charge in [-0.15, -0.1) is 10.2 Å². The standard InChI is InChI=1S/C21H14BrF3N4S/c22-17-7-1-4-14(10-17)13-30-20-28-27-19(15-5-3-9-26-12-15)29(20)18-8-2-6-16(11-18)21(23,24)25/h1-12H,13H2. The highest BCUT2D eigenvalue weighted by Crippen LogP contribution is 2.34. The lowest BCUT2D eigenvalue weighted by molar-refractivity contribution is -0.137. The summed E-state index contributed by atoms with van der Waals surface area (Å²) in [6.45, 7) is 0. The van der Waals surface area contributed by atoms with Crippen LogP contribution < -0.4 is 0 Å². The van der Waals surface area contributed by atoms with Crippen molar-refractivity contribution >= 4 is 27.7 Å². The molecule has 0 N–H and O–H groups in total. The quantitative estimate of drug-likeness (QED) is 0.303. The third-order valence-corrected chi connectivity index (χ3v) is 5.74. The fourth-order valence-electron chi connectivity index (χ4n) is 2.87. The molecule has 4 rings (SSSR count). The third kappa shape index (κ3) is 4.57. The molecule has 0 bridgehead atoms. The highest BCUT2D eigenvalue weighted by molar-refractivity contribution is 9.10. The minimum atomic E-state index is -4.44. The summed E-state index contributed by atoms with van der Waals surface area (Å²) < 4.78 is 42.4. The van der Waals surface area contributed by atoms with Crippen molar-refractivity contribution in [2.75, 3.05) is 0 Å². The van der Waals surface area contributed by atoms with Gasteiger partial charge in [0.15, 0.2) is 11.0 Å². The van der Waals surface area contributed by atoms with Crippen LogP contribution in [0.1, 0.15) is 11.1 Å². The van der Waals surface area contributed by atoms with E-state index in [-0.39, 0.29) is 0 Å². The van der Waals surface area contributed by atoms with Crippen molar-refractivity contribution in [2.45, 2.75) is 17.1 Å². The van der Waals surface area contributed by atoms with E-state index in [2.05, 4.69) is 31.1 Å². The second-order valence-corrected chi connectivity index (χ2v) is 8.21. The maximum Gasteiger partial charge on any atom is 0.416 e. The van der Waals surface area contributed by atoms with Gasteiger partial charge >= 0.3 is 6.18 Å². The fourth-order valence-corrected chi connectivity index (χ4v) is 4.22. The molecular formula is C21H14BrF3N4S. The first kappa shape index (κ1) is 20.6. The van der Waals surface area contributed by atoms with E-state index >= 15 is 0 Å². The van der Waals surface area contributed by atoms with Crippen molar-refractivity contribution in [1.29, 1.82) is 0 Å². The number of hydrogen-bond donors (Lipinski definition) is 0. The molecule has 0 spiro atoms. The smallest absolute Gasteiger partial charge is 0.270 e. The second-order valence-electron chi connectivity index (χ2n) is 6.35. The molecule has 0 aliphatic carbocycles. The normalized spacial score (nSPS) is 11.6. The summed E-state index contributed by atoms with van der Waals surface area (Å²) in [5, 5.41) is 8.99. The Kier molecular flexibility index (Phi) is 5.92. The van der Waals surface area contributed by atoms with Crippen LogP contribution in [0.4, 0.5) is 13.2 Å². The monoisotopic (exact) mass is 490 g/mol. The van der Waals surface area contributed by atoms with Crippen molar-refractivity contribution < 1.29 is 13.2 Å². The molecule has 0 unspecified atom stereocenters. The first-order chi connectivity index (χ1) is 14.4. The SMILES string of the molecule is FC(F)(F)c1cccc(-n2c(SCc3cccc(Br)c3)nnc2-c2cccnc2)c1. The number of aromatic nitrogens is 4. The summed E-state index contributed by atoms with van der Waals surface area (Å²) in [5.41, 5.74) is 1.33. The van der Waals surface area contributed by atoms with Crippen LogP contribution in [0.5, 0.6) is 0 Å². The molecule has 0 atom stereocenters.